The van der Waals surface area contributed by atoms with E-state index in [9.17, 15) is 13.2 Å². The van der Waals surface area contributed by atoms with E-state index in [0.717, 1.165) is 18.2 Å². The van der Waals surface area contributed by atoms with E-state index in [2.05, 4.69) is 0 Å². The molecule has 0 aliphatic carbocycles. The van der Waals surface area contributed by atoms with E-state index in [0.29, 0.717) is 9.13 Å². The molecule has 2 aromatic rings. The number of rotatable bonds is 2. The summed E-state index contributed by atoms with van der Waals surface area (Å²) in [7, 11) is 0. The van der Waals surface area contributed by atoms with Gasteiger partial charge in [0.05, 0.1) is 5.38 Å². The van der Waals surface area contributed by atoms with Crippen molar-refractivity contribution in [1.29, 1.82) is 0 Å². The van der Waals surface area contributed by atoms with Crippen molar-refractivity contribution in [3.8, 4) is 0 Å². The molecule has 1 atom stereocenters. The van der Waals surface area contributed by atoms with Crippen LogP contribution in [0.3, 0.4) is 0 Å². The van der Waals surface area contributed by atoms with Crippen molar-refractivity contribution in [2.24, 2.45) is 0 Å². The molecule has 0 aliphatic heterocycles. The van der Waals surface area contributed by atoms with Crippen LogP contribution in [0.15, 0.2) is 36.4 Å². The van der Waals surface area contributed by atoms with Crippen LogP contribution in [0.1, 0.15) is 16.5 Å². The monoisotopic (exact) mass is 382 g/mol. The molecule has 0 spiro atoms. The molecule has 0 aliphatic rings. The van der Waals surface area contributed by atoms with Gasteiger partial charge < -0.3 is 0 Å². The zero-order valence-corrected chi connectivity index (χ0v) is 11.8. The van der Waals surface area contributed by atoms with E-state index in [4.69, 9.17) is 11.6 Å². The minimum Gasteiger partial charge on any atom is -0.207 e. The van der Waals surface area contributed by atoms with Gasteiger partial charge in [0.15, 0.2) is 0 Å². The van der Waals surface area contributed by atoms with Gasteiger partial charge in [0.1, 0.15) is 17.5 Å². The first-order valence-corrected chi connectivity index (χ1v) is 6.54. The molecule has 0 aromatic heterocycles. The third-order valence-corrected chi connectivity index (χ3v) is 3.87. The molecule has 5 heteroatoms. The van der Waals surface area contributed by atoms with E-state index in [1.54, 1.807) is 0 Å². The lowest BCUT2D eigenvalue weighted by Crippen LogP contribution is -2.00. The zero-order valence-electron chi connectivity index (χ0n) is 8.93. The molecular weight excluding hydrogens is 375 g/mol. The van der Waals surface area contributed by atoms with Crippen molar-refractivity contribution >= 4 is 34.2 Å². The number of alkyl halides is 1. The van der Waals surface area contributed by atoms with Crippen molar-refractivity contribution in [1.82, 2.24) is 0 Å². The first-order valence-electron chi connectivity index (χ1n) is 5.03. The molecule has 0 nitrogen and oxygen atoms in total. The highest BCUT2D eigenvalue weighted by Gasteiger charge is 2.18. The number of hydrogen-bond acceptors (Lipinski definition) is 0. The molecule has 0 bridgehead atoms. The largest absolute Gasteiger partial charge is 0.207 e. The van der Waals surface area contributed by atoms with Crippen LogP contribution >= 0.6 is 34.2 Å². The maximum atomic E-state index is 13.6. The molecule has 0 amide bonds. The lowest BCUT2D eigenvalue weighted by atomic mass is 10.0. The summed E-state index contributed by atoms with van der Waals surface area (Å²) in [5, 5.41) is -0.854. The van der Waals surface area contributed by atoms with Crippen molar-refractivity contribution in [3.63, 3.8) is 0 Å². The van der Waals surface area contributed by atoms with Gasteiger partial charge in [-0.05, 0) is 58.5 Å². The molecule has 0 N–H and O–H groups in total. The molecule has 0 fully saturated rings. The van der Waals surface area contributed by atoms with Crippen LogP contribution in [0.5, 0.6) is 0 Å². The standard InChI is InChI=1S/C13H7ClF3I/c14-13(9-3-1-8(16)6-12(9)18)10-5-7(15)2-4-11(10)17/h1-6,13H. The van der Waals surface area contributed by atoms with Gasteiger partial charge in [-0.15, -0.1) is 11.6 Å². The zero-order chi connectivity index (χ0) is 13.3. The van der Waals surface area contributed by atoms with Crippen LogP contribution in [0.2, 0.25) is 0 Å². The molecule has 1 unspecified atom stereocenters. The van der Waals surface area contributed by atoms with E-state index in [-0.39, 0.29) is 5.56 Å². The molecule has 0 heterocycles. The van der Waals surface area contributed by atoms with Gasteiger partial charge in [0.25, 0.3) is 0 Å². The molecular formula is C13H7ClF3I. The van der Waals surface area contributed by atoms with Crippen LogP contribution < -0.4 is 0 Å². The normalized spacial score (nSPS) is 12.5. The Morgan fingerprint density at radius 3 is 2.17 bits per heavy atom. The minimum atomic E-state index is -0.854. The van der Waals surface area contributed by atoms with Gasteiger partial charge in [-0.2, -0.15) is 0 Å². The number of halogens is 5. The first-order chi connectivity index (χ1) is 8.49. The molecule has 2 rings (SSSR count). The molecule has 18 heavy (non-hydrogen) atoms. The summed E-state index contributed by atoms with van der Waals surface area (Å²) in [6.45, 7) is 0. The summed E-state index contributed by atoms with van der Waals surface area (Å²) in [6.07, 6.45) is 0. The second-order valence-corrected chi connectivity index (χ2v) is 5.29. The van der Waals surface area contributed by atoms with E-state index >= 15 is 0 Å². The maximum absolute atomic E-state index is 13.6. The van der Waals surface area contributed by atoms with E-state index in [1.807, 2.05) is 22.6 Å². The predicted octanol–water partition coefficient (Wildman–Crippen LogP) is 5.04. The second kappa shape index (κ2) is 5.48. The highest BCUT2D eigenvalue weighted by molar-refractivity contribution is 14.1. The van der Waals surface area contributed by atoms with Gasteiger partial charge in [-0.3, -0.25) is 0 Å². The van der Waals surface area contributed by atoms with Gasteiger partial charge in [0, 0.05) is 9.13 Å². The fourth-order valence-corrected chi connectivity index (χ4v) is 2.91. The van der Waals surface area contributed by atoms with E-state index in [1.165, 1.54) is 18.2 Å². The van der Waals surface area contributed by atoms with Crippen LogP contribution in [0.4, 0.5) is 13.2 Å². The second-order valence-electron chi connectivity index (χ2n) is 3.69. The Kier molecular flexibility index (Phi) is 4.17. The molecule has 0 radical (unpaired) electrons. The summed E-state index contributed by atoms with van der Waals surface area (Å²) in [6, 6.07) is 7.10. The Morgan fingerprint density at radius 1 is 0.889 bits per heavy atom. The smallest absolute Gasteiger partial charge is 0.128 e. The van der Waals surface area contributed by atoms with Crippen LogP contribution in [0, 0.1) is 21.0 Å². The van der Waals surface area contributed by atoms with Crippen LogP contribution in [-0.2, 0) is 0 Å². The first kappa shape index (κ1) is 13.7. The summed E-state index contributed by atoms with van der Waals surface area (Å²) >= 11 is 8.04. The molecule has 94 valence electrons. The third-order valence-electron chi connectivity index (χ3n) is 2.47. The van der Waals surface area contributed by atoms with Crippen molar-refractivity contribution in [2.75, 3.05) is 0 Å². The quantitative estimate of drug-likeness (QED) is 0.504. The van der Waals surface area contributed by atoms with E-state index < -0.39 is 22.8 Å². The van der Waals surface area contributed by atoms with Gasteiger partial charge in [-0.1, -0.05) is 6.07 Å². The highest BCUT2D eigenvalue weighted by atomic mass is 127. The van der Waals surface area contributed by atoms with Crippen molar-refractivity contribution < 1.29 is 13.2 Å². The Morgan fingerprint density at radius 2 is 1.50 bits per heavy atom. The Bertz CT molecular complexity index is 586. The SMILES string of the molecule is Fc1ccc(C(Cl)c2cc(F)ccc2F)c(I)c1. The summed E-state index contributed by atoms with van der Waals surface area (Å²) < 4.78 is 40.2. The van der Waals surface area contributed by atoms with Gasteiger partial charge >= 0.3 is 0 Å². The van der Waals surface area contributed by atoms with Gasteiger partial charge in [0.2, 0.25) is 0 Å². The third kappa shape index (κ3) is 2.80. The average molecular weight is 383 g/mol. The molecule has 0 saturated heterocycles. The number of hydrogen-bond donors (Lipinski definition) is 0. The Labute approximate surface area is 121 Å². The van der Waals surface area contributed by atoms with Crippen LogP contribution in [-0.4, -0.2) is 0 Å². The molecule has 0 saturated carbocycles. The number of benzene rings is 2. The Hall–Kier alpha value is -0.750. The lowest BCUT2D eigenvalue weighted by Gasteiger charge is -2.13. The summed E-state index contributed by atoms with van der Waals surface area (Å²) in [4.78, 5) is 0. The summed E-state index contributed by atoms with van der Waals surface area (Å²) in [5.74, 6) is -1.54. The van der Waals surface area contributed by atoms with Gasteiger partial charge in [-0.25, -0.2) is 13.2 Å². The average Bonchev–Trinajstić information content (AvgIpc) is 2.31. The Balaban J connectivity index is 2.47. The predicted molar refractivity (Wildman–Crippen MR) is 73.2 cm³/mol. The van der Waals surface area contributed by atoms with Crippen LogP contribution in [0.25, 0.3) is 0 Å². The fourth-order valence-electron chi connectivity index (χ4n) is 1.58. The summed E-state index contributed by atoms with van der Waals surface area (Å²) in [5.41, 5.74) is 0.587. The molecule has 2 aromatic carbocycles. The lowest BCUT2D eigenvalue weighted by molar-refractivity contribution is 0.586. The minimum absolute atomic E-state index is 0.0428. The highest BCUT2D eigenvalue weighted by Crippen LogP contribution is 2.33. The van der Waals surface area contributed by atoms with Crippen molar-refractivity contribution in [2.45, 2.75) is 5.38 Å². The topological polar surface area (TPSA) is 0 Å². The van der Waals surface area contributed by atoms with Crippen molar-refractivity contribution in [3.05, 3.63) is 68.5 Å². The maximum Gasteiger partial charge on any atom is 0.128 e. The fraction of sp³-hybridized carbons (Fsp3) is 0.0769.